The topological polar surface area (TPSA) is 67.3 Å². The van der Waals surface area contributed by atoms with Crippen LogP contribution in [0.3, 0.4) is 0 Å². The first kappa shape index (κ1) is 21.3. The van der Waals surface area contributed by atoms with Gasteiger partial charge in [0.05, 0.1) is 18.7 Å². The SMILES string of the molecule is COc1ccc(-c2ccc(N3CCCC(C(=O)Nc4ccc(Br)c(C)c4)C3)nn2)cc1. The summed E-state index contributed by atoms with van der Waals surface area (Å²) in [5.41, 5.74) is 3.71. The number of ether oxygens (including phenoxy) is 1. The van der Waals surface area contributed by atoms with Crippen LogP contribution in [0.15, 0.2) is 59.1 Å². The van der Waals surface area contributed by atoms with E-state index in [0.29, 0.717) is 6.54 Å². The number of rotatable bonds is 5. The van der Waals surface area contributed by atoms with E-state index in [4.69, 9.17) is 4.74 Å². The molecule has 1 atom stereocenters. The van der Waals surface area contributed by atoms with E-state index in [1.807, 2.05) is 61.5 Å². The summed E-state index contributed by atoms with van der Waals surface area (Å²) in [5, 5.41) is 11.9. The van der Waals surface area contributed by atoms with Gasteiger partial charge in [0.25, 0.3) is 0 Å². The number of nitrogens with zero attached hydrogens (tertiary/aromatic N) is 3. The summed E-state index contributed by atoms with van der Waals surface area (Å²) < 4.78 is 6.24. The average molecular weight is 481 g/mol. The number of carbonyl (C=O) groups excluding carboxylic acids is 1. The molecule has 1 amide bonds. The number of piperidine rings is 1. The molecule has 6 nitrogen and oxygen atoms in total. The number of amides is 1. The van der Waals surface area contributed by atoms with Gasteiger partial charge in [-0.25, -0.2) is 0 Å². The van der Waals surface area contributed by atoms with Crippen molar-refractivity contribution in [2.45, 2.75) is 19.8 Å². The highest BCUT2D eigenvalue weighted by Crippen LogP contribution is 2.26. The van der Waals surface area contributed by atoms with Crippen LogP contribution >= 0.6 is 15.9 Å². The monoisotopic (exact) mass is 480 g/mol. The van der Waals surface area contributed by atoms with Crippen LogP contribution in [-0.2, 0) is 4.79 Å². The lowest BCUT2D eigenvalue weighted by Crippen LogP contribution is -2.41. The zero-order valence-corrected chi connectivity index (χ0v) is 19.2. The van der Waals surface area contributed by atoms with Crippen LogP contribution in [-0.4, -0.2) is 36.3 Å². The van der Waals surface area contributed by atoms with Crippen molar-refractivity contribution in [3.05, 3.63) is 64.6 Å². The summed E-state index contributed by atoms with van der Waals surface area (Å²) >= 11 is 3.49. The van der Waals surface area contributed by atoms with E-state index in [1.165, 1.54) is 0 Å². The van der Waals surface area contributed by atoms with Gasteiger partial charge in [-0.05, 0) is 79.9 Å². The van der Waals surface area contributed by atoms with Crippen molar-refractivity contribution in [2.24, 2.45) is 5.92 Å². The summed E-state index contributed by atoms with van der Waals surface area (Å²) in [6, 6.07) is 17.5. The molecular weight excluding hydrogens is 456 g/mol. The third kappa shape index (κ3) is 5.05. The van der Waals surface area contributed by atoms with Crippen LogP contribution in [0.4, 0.5) is 11.5 Å². The first-order chi connectivity index (χ1) is 15.0. The molecule has 1 saturated heterocycles. The first-order valence-electron chi connectivity index (χ1n) is 10.3. The summed E-state index contributed by atoms with van der Waals surface area (Å²) in [5.74, 6) is 1.58. The highest BCUT2D eigenvalue weighted by atomic mass is 79.9. The van der Waals surface area contributed by atoms with Gasteiger partial charge in [0, 0.05) is 28.8 Å². The van der Waals surface area contributed by atoms with Gasteiger partial charge in [0.15, 0.2) is 5.82 Å². The van der Waals surface area contributed by atoms with Crippen LogP contribution in [0, 0.1) is 12.8 Å². The Morgan fingerprint density at radius 2 is 1.94 bits per heavy atom. The molecule has 2 heterocycles. The van der Waals surface area contributed by atoms with Crippen molar-refractivity contribution in [3.8, 4) is 17.0 Å². The van der Waals surface area contributed by atoms with E-state index in [1.54, 1.807) is 7.11 Å². The highest BCUT2D eigenvalue weighted by molar-refractivity contribution is 9.10. The second-order valence-corrected chi connectivity index (χ2v) is 8.60. The largest absolute Gasteiger partial charge is 0.497 e. The molecule has 2 aromatic carbocycles. The van der Waals surface area contributed by atoms with Crippen molar-refractivity contribution < 1.29 is 9.53 Å². The van der Waals surface area contributed by atoms with Crippen LogP contribution in [0.5, 0.6) is 5.75 Å². The number of anilines is 2. The molecular formula is C24H25BrN4O2. The fraction of sp³-hybridized carbons (Fsp3) is 0.292. The third-order valence-electron chi connectivity index (χ3n) is 5.58. The Balaban J connectivity index is 1.41. The van der Waals surface area contributed by atoms with E-state index in [2.05, 4.69) is 36.3 Å². The van der Waals surface area contributed by atoms with E-state index in [9.17, 15) is 4.79 Å². The smallest absolute Gasteiger partial charge is 0.229 e. The van der Waals surface area contributed by atoms with Crippen LogP contribution in [0.25, 0.3) is 11.3 Å². The Bertz CT molecular complexity index is 1050. The molecule has 31 heavy (non-hydrogen) atoms. The molecule has 1 unspecified atom stereocenters. The van der Waals surface area contributed by atoms with Gasteiger partial charge in [-0.15, -0.1) is 10.2 Å². The molecule has 0 spiro atoms. The summed E-state index contributed by atoms with van der Waals surface area (Å²) in [6.45, 7) is 3.52. The number of hydrogen-bond acceptors (Lipinski definition) is 5. The molecule has 160 valence electrons. The number of aryl methyl sites for hydroxylation is 1. The molecule has 0 aliphatic carbocycles. The summed E-state index contributed by atoms with van der Waals surface area (Å²) in [6.07, 6.45) is 1.81. The molecule has 3 aromatic rings. The molecule has 1 aliphatic heterocycles. The zero-order chi connectivity index (χ0) is 21.8. The summed E-state index contributed by atoms with van der Waals surface area (Å²) in [4.78, 5) is 15.0. The maximum Gasteiger partial charge on any atom is 0.229 e. The quantitative estimate of drug-likeness (QED) is 0.551. The Kier molecular flexibility index (Phi) is 6.51. The highest BCUT2D eigenvalue weighted by Gasteiger charge is 2.27. The molecule has 1 N–H and O–H groups in total. The van der Waals surface area contributed by atoms with Gasteiger partial charge >= 0.3 is 0 Å². The van der Waals surface area contributed by atoms with Crippen LogP contribution in [0.2, 0.25) is 0 Å². The van der Waals surface area contributed by atoms with Gasteiger partial charge in [0.1, 0.15) is 5.75 Å². The average Bonchev–Trinajstić information content (AvgIpc) is 2.82. The van der Waals surface area contributed by atoms with E-state index in [0.717, 1.165) is 57.9 Å². The van der Waals surface area contributed by atoms with Crippen molar-refractivity contribution >= 4 is 33.3 Å². The van der Waals surface area contributed by atoms with Crippen molar-refractivity contribution in [2.75, 3.05) is 30.4 Å². The van der Waals surface area contributed by atoms with Gasteiger partial charge in [0.2, 0.25) is 5.91 Å². The minimum Gasteiger partial charge on any atom is -0.497 e. The van der Waals surface area contributed by atoms with E-state index in [-0.39, 0.29) is 11.8 Å². The predicted octanol–water partition coefficient (Wildman–Crippen LogP) is 5.08. The molecule has 4 rings (SSSR count). The lowest BCUT2D eigenvalue weighted by Gasteiger charge is -2.32. The Morgan fingerprint density at radius 3 is 2.61 bits per heavy atom. The molecule has 0 saturated carbocycles. The number of carbonyl (C=O) groups is 1. The summed E-state index contributed by atoms with van der Waals surface area (Å²) in [7, 11) is 1.65. The Labute approximate surface area is 190 Å². The maximum atomic E-state index is 12.8. The lowest BCUT2D eigenvalue weighted by molar-refractivity contribution is -0.120. The second kappa shape index (κ2) is 9.47. The number of hydrogen-bond donors (Lipinski definition) is 1. The van der Waals surface area contributed by atoms with Crippen molar-refractivity contribution in [1.82, 2.24) is 10.2 Å². The van der Waals surface area contributed by atoms with Gasteiger partial charge in [-0.3, -0.25) is 4.79 Å². The Hall–Kier alpha value is -2.93. The molecule has 1 aliphatic rings. The molecule has 0 radical (unpaired) electrons. The number of methoxy groups -OCH3 is 1. The number of halogens is 1. The Morgan fingerprint density at radius 1 is 1.13 bits per heavy atom. The molecule has 0 bridgehead atoms. The van der Waals surface area contributed by atoms with Crippen LogP contribution in [0.1, 0.15) is 18.4 Å². The van der Waals surface area contributed by atoms with Crippen molar-refractivity contribution in [1.29, 1.82) is 0 Å². The van der Waals surface area contributed by atoms with Crippen molar-refractivity contribution in [3.63, 3.8) is 0 Å². The minimum atomic E-state index is -0.0826. The fourth-order valence-electron chi connectivity index (χ4n) is 3.78. The third-order valence-corrected chi connectivity index (χ3v) is 6.47. The predicted molar refractivity (Wildman–Crippen MR) is 126 cm³/mol. The fourth-order valence-corrected chi connectivity index (χ4v) is 4.02. The number of nitrogens with one attached hydrogen (secondary N) is 1. The second-order valence-electron chi connectivity index (χ2n) is 7.74. The first-order valence-corrected chi connectivity index (χ1v) is 11.1. The maximum absolute atomic E-state index is 12.8. The number of benzene rings is 2. The standard InChI is InChI=1S/C24H25BrN4O2/c1-16-14-19(7-10-21(16)25)26-24(30)18-4-3-13-29(15-18)23-12-11-22(27-28-23)17-5-8-20(31-2)9-6-17/h5-12,14,18H,3-4,13,15H2,1-2H3,(H,26,30). The van der Waals surface area contributed by atoms with Gasteiger partial charge in [-0.1, -0.05) is 15.9 Å². The van der Waals surface area contributed by atoms with E-state index < -0.39 is 0 Å². The van der Waals surface area contributed by atoms with Crippen LogP contribution < -0.4 is 15.0 Å². The number of aromatic nitrogens is 2. The van der Waals surface area contributed by atoms with Gasteiger partial charge < -0.3 is 15.0 Å². The van der Waals surface area contributed by atoms with E-state index >= 15 is 0 Å². The normalized spacial score (nSPS) is 16.1. The minimum absolute atomic E-state index is 0.0502. The van der Waals surface area contributed by atoms with Gasteiger partial charge in [-0.2, -0.15) is 0 Å². The molecule has 1 aromatic heterocycles. The zero-order valence-electron chi connectivity index (χ0n) is 17.6. The molecule has 7 heteroatoms. The molecule has 1 fully saturated rings. The lowest BCUT2D eigenvalue weighted by atomic mass is 9.97.